The van der Waals surface area contributed by atoms with Gasteiger partial charge in [0, 0.05) is 19.5 Å². The van der Waals surface area contributed by atoms with Gasteiger partial charge in [-0.3, -0.25) is 24.4 Å². The Hall–Kier alpha value is -3.23. The molecule has 0 radical (unpaired) electrons. The van der Waals surface area contributed by atoms with Crippen molar-refractivity contribution >= 4 is 17.6 Å². The molecule has 0 saturated carbocycles. The van der Waals surface area contributed by atoms with Crippen LogP contribution in [0.3, 0.4) is 0 Å². The van der Waals surface area contributed by atoms with Gasteiger partial charge in [0.2, 0.25) is 5.69 Å². The number of carbonyl (C=O) groups is 2. The van der Waals surface area contributed by atoms with Crippen molar-refractivity contribution in [3.8, 4) is 0 Å². The molecule has 138 valence electrons. The van der Waals surface area contributed by atoms with Crippen molar-refractivity contribution in [2.24, 2.45) is 7.05 Å². The molecule has 0 spiro atoms. The van der Waals surface area contributed by atoms with E-state index in [1.165, 1.54) is 18.7 Å². The zero-order valence-corrected chi connectivity index (χ0v) is 14.5. The normalized spacial score (nSPS) is 11.8. The number of rotatable bonds is 8. The largest absolute Gasteiger partial charge is 0.481 e. The van der Waals surface area contributed by atoms with Gasteiger partial charge in [-0.2, -0.15) is 5.10 Å². The highest BCUT2D eigenvalue weighted by atomic mass is 16.6. The molecule has 26 heavy (non-hydrogen) atoms. The van der Waals surface area contributed by atoms with Gasteiger partial charge < -0.3 is 10.4 Å². The number of hydrogen-bond donors (Lipinski definition) is 2. The van der Waals surface area contributed by atoms with Crippen LogP contribution in [0.1, 0.15) is 34.6 Å². The Labute approximate surface area is 149 Å². The number of amides is 1. The van der Waals surface area contributed by atoms with Gasteiger partial charge in [-0.25, -0.2) is 0 Å². The van der Waals surface area contributed by atoms with Crippen LogP contribution < -0.4 is 5.32 Å². The molecule has 0 aliphatic heterocycles. The van der Waals surface area contributed by atoms with E-state index in [-0.39, 0.29) is 29.9 Å². The van der Waals surface area contributed by atoms with E-state index in [4.69, 9.17) is 5.11 Å². The third-order valence-electron chi connectivity index (χ3n) is 3.96. The van der Waals surface area contributed by atoms with Crippen LogP contribution in [-0.4, -0.2) is 37.7 Å². The van der Waals surface area contributed by atoms with Gasteiger partial charge in [0.1, 0.15) is 5.69 Å². The van der Waals surface area contributed by atoms with Crippen molar-refractivity contribution in [3.05, 3.63) is 57.4 Å². The van der Waals surface area contributed by atoms with Crippen molar-refractivity contribution in [3.63, 3.8) is 0 Å². The summed E-state index contributed by atoms with van der Waals surface area (Å²) in [4.78, 5) is 34.1. The average molecular weight is 360 g/mol. The standard InChI is InChI=1S/C17H20N4O5/c1-11-15(21(25)26)16(20(2)19-11)17(24)18-13(8-9-14(22)23)10-12-6-4-3-5-7-12/h3-7,13H,8-10H2,1-2H3,(H,18,24)(H,22,23). The van der Waals surface area contributed by atoms with Crippen LogP contribution in [0.4, 0.5) is 5.69 Å². The van der Waals surface area contributed by atoms with E-state index in [2.05, 4.69) is 10.4 Å². The minimum atomic E-state index is -0.973. The number of nitrogens with zero attached hydrogens (tertiary/aromatic N) is 3. The summed E-state index contributed by atoms with van der Waals surface area (Å²) in [6.07, 6.45) is 0.509. The summed E-state index contributed by atoms with van der Waals surface area (Å²) in [6.45, 7) is 1.46. The Balaban J connectivity index is 2.23. The third-order valence-corrected chi connectivity index (χ3v) is 3.96. The molecule has 2 rings (SSSR count). The predicted octanol–water partition coefficient (Wildman–Crippen LogP) is 1.84. The molecule has 0 bridgehead atoms. The summed E-state index contributed by atoms with van der Waals surface area (Å²) in [5.74, 6) is -1.62. The first-order valence-electron chi connectivity index (χ1n) is 8.04. The summed E-state index contributed by atoms with van der Waals surface area (Å²) < 4.78 is 1.17. The molecule has 9 nitrogen and oxygen atoms in total. The molecular weight excluding hydrogens is 340 g/mol. The lowest BCUT2D eigenvalue weighted by atomic mass is 10.0. The predicted molar refractivity (Wildman–Crippen MR) is 92.9 cm³/mol. The van der Waals surface area contributed by atoms with Crippen LogP contribution in [0.2, 0.25) is 0 Å². The summed E-state index contributed by atoms with van der Waals surface area (Å²) in [7, 11) is 1.46. The number of nitro groups is 1. The first kappa shape index (κ1) is 19.1. The summed E-state index contributed by atoms with van der Waals surface area (Å²) in [6, 6.07) is 8.82. The van der Waals surface area contributed by atoms with Crippen LogP contribution in [0.15, 0.2) is 30.3 Å². The molecule has 9 heteroatoms. The van der Waals surface area contributed by atoms with Crippen LogP contribution in [0.5, 0.6) is 0 Å². The summed E-state index contributed by atoms with van der Waals surface area (Å²) >= 11 is 0. The summed E-state index contributed by atoms with van der Waals surface area (Å²) in [5.41, 5.74) is 0.578. The fourth-order valence-electron chi connectivity index (χ4n) is 2.80. The monoisotopic (exact) mass is 360 g/mol. The van der Waals surface area contributed by atoms with Gasteiger partial charge in [0.25, 0.3) is 5.91 Å². The van der Waals surface area contributed by atoms with E-state index in [0.717, 1.165) is 5.56 Å². The Morgan fingerprint density at radius 3 is 2.58 bits per heavy atom. The SMILES string of the molecule is Cc1nn(C)c(C(=O)NC(CCC(=O)O)Cc2ccccc2)c1[N+](=O)[O-]. The van der Waals surface area contributed by atoms with Gasteiger partial charge in [-0.05, 0) is 25.3 Å². The molecule has 0 fully saturated rings. The Bertz CT molecular complexity index is 816. The van der Waals surface area contributed by atoms with Gasteiger partial charge >= 0.3 is 11.7 Å². The minimum Gasteiger partial charge on any atom is -0.481 e. The van der Waals surface area contributed by atoms with Crippen LogP contribution in [0, 0.1) is 17.0 Å². The molecule has 0 aliphatic carbocycles. The van der Waals surface area contributed by atoms with E-state index in [9.17, 15) is 19.7 Å². The van der Waals surface area contributed by atoms with Crippen molar-refractivity contribution in [2.75, 3.05) is 0 Å². The van der Waals surface area contributed by atoms with E-state index < -0.39 is 22.8 Å². The number of aryl methyl sites for hydroxylation is 2. The number of carboxylic acid groups (broad SMARTS) is 1. The van der Waals surface area contributed by atoms with Crippen molar-refractivity contribution in [2.45, 2.75) is 32.2 Å². The second-order valence-corrected chi connectivity index (χ2v) is 5.96. The number of carbonyl (C=O) groups excluding carboxylic acids is 1. The van der Waals surface area contributed by atoms with Gasteiger partial charge in [-0.15, -0.1) is 0 Å². The van der Waals surface area contributed by atoms with E-state index >= 15 is 0 Å². The number of aromatic nitrogens is 2. The first-order chi connectivity index (χ1) is 12.3. The number of aliphatic carboxylic acids is 1. The molecule has 1 amide bonds. The average Bonchev–Trinajstić information content (AvgIpc) is 2.88. The van der Waals surface area contributed by atoms with Crippen LogP contribution in [0.25, 0.3) is 0 Å². The lowest BCUT2D eigenvalue weighted by Gasteiger charge is -2.18. The van der Waals surface area contributed by atoms with E-state index in [1.807, 2.05) is 30.3 Å². The zero-order valence-electron chi connectivity index (χ0n) is 14.5. The second kappa shape index (κ2) is 8.24. The summed E-state index contributed by atoms with van der Waals surface area (Å²) in [5, 5.41) is 26.8. The lowest BCUT2D eigenvalue weighted by molar-refractivity contribution is -0.385. The van der Waals surface area contributed by atoms with Crippen LogP contribution in [-0.2, 0) is 18.3 Å². The zero-order chi connectivity index (χ0) is 19.3. The van der Waals surface area contributed by atoms with E-state index in [1.54, 1.807) is 0 Å². The highest BCUT2D eigenvalue weighted by Crippen LogP contribution is 2.22. The van der Waals surface area contributed by atoms with Gasteiger partial charge in [0.05, 0.1) is 4.92 Å². The number of carboxylic acids is 1. The molecule has 2 N–H and O–H groups in total. The van der Waals surface area contributed by atoms with Gasteiger partial charge in [0.15, 0.2) is 0 Å². The first-order valence-corrected chi connectivity index (χ1v) is 8.04. The highest BCUT2D eigenvalue weighted by Gasteiger charge is 2.30. The lowest BCUT2D eigenvalue weighted by Crippen LogP contribution is -2.38. The van der Waals surface area contributed by atoms with Crippen LogP contribution >= 0.6 is 0 Å². The smallest absolute Gasteiger partial charge is 0.322 e. The Morgan fingerprint density at radius 1 is 1.35 bits per heavy atom. The Kier molecular flexibility index (Phi) is 6.05. The maximum absolute atomic E-state index is 12.6. The van der Waals surface area contributed by atoms with Crippen molar-refractivity contribution in [1.82, 2.24) is 15.1 Å². The molecule has 1 unspecified atom stereocenters. The molecule has 0 saturated heterocycles. The number of nitrogens with one attached hydrogen (secondary N) is 1. The Morgan fingerprint density at radius 2 is 2.00 bits per heavy atom. The van der Waals surface area contributed by atoms with Crippen molar-refractivity contribution in [1.29, 1.82) is 0 Å². The fourth-order valence-corrected chi connectivity index (χ4v) is 2.80. The van der Waals surface area contributed by atoms with Crippen molar-refractivity contribution < 1.29 is 19.6 Å². The van der Waals surface area contributed by atoms with Gasteiger partial charge in [-0.1, -0.05) is 30.3 Å². The molecule has 1 aromatic carbocycles. The molecule has 1 heterocycles. The topological polar surface area (TPSA) is 127 Å². The second-order valence-electron chi connectivity index (χ2n) is 5.96. The molecule has 1 atom stereocenters. The maximum atomic E-state index is 12.6. The number of hydrogen-bond acceptors (Lipinski definition) is 5. The molecule has 2 aromatic rings. The molecular formula is C17H20N4O5. The molecule has 0 aliphatic rings. The fraction of sp³-hybridized carbons (Fsp3) is 0.353. The number of benzene rings is 1. The van der Waals surface area contributed by atoms with E-state index in [0.29, 0.717) is 6.42 Å². The highest BCUT2D eigenvalue weighted by molar-refractivity contribution is 5.97. The third kappa shape index (κ3) is 4.65. The maximum Gasteiger partial charge on any atom is 0.322 e. The molecule has 1 aromatic heterocycles. The minimum absolute atomic E-state index is 0.121. The quantitative estimate of drug-likeness (QED) is 0.546.